The van der Waals surface area contributed by atoms with Crippen LogP contribution in [0.5, 0.6) is 0 Å². The minimum absolute atomic E-state index is 0.151. The van der Waals surface area contributed by atoms with Crippen molar-refractivity contribution in [1.29, 1.82) is 0 Å². The summed E-state index contributed by atoms with van der Waals surface area (Å²) >= 11 is 2.21. The van der Waals surface area contributed by atoms with Gasteiger partial charge in [0.2, 0.25) is 0 Å². The summed E-state index contributed by atoms with van der Waals surface area (Å²) in [5.74, 6) is -3.86. The number of hydrogen-bond donors (Lipinski definition) is 3. The zero-order valence-electron chi connectivity index (χ0n) is 17.3. The fourth-order valence-corrected chi connectivity index (χ4v) is 5.00. The average Bonchev–Trinajstić information content (AvgIpc) is 3.18. The van der Waals surface area contributed by atoms with Gasteiger partial charge in [0.25, 0.3) is 11.8 Å². The Morgan fingerprint density at radius 1 is 1.36 bits per heavy atom. The molecule has 33 heavy (non-hydrogen) atoms. The second kappa shape index (κ2) is 9.99. The maximum atomic E-state index is 12.8. The molecule has 13 nitrogen and oxygen atoms in total. The van der Waals surface area contributed by atoms with E-state index >= 15 is 0 Å². The number of carbonyl (C=O) groups is 5. The predicted molar refractivity (Wildman–Crippen MR) is 116 cm³/mol. The molecule has 0 bridgehead atoms. The fourth-order valence-electron chi connectivity index (χ4n) is 3.06. The van der Waals surface area contributed by atoms with Crippen LogP contribution in [0.2, 0.25) is 0 Å². The van der Waals surface area contributed by atoms with Crippen molar-refractivity contribution in [3.8, 4) is 0 Å². The molecule has 2 aliphatic rings. The number of aromatic nitrogens is 1. The number of nitrogens with one attached hydrogen (secondary N) is 1. The van der Waals surface area contributed by atoms with E-state index in [1.165, 1.54) is 25.5 Å². The molecule has 3 rings (SSSR count). The summed E-state index contributed by atoms with van der Waals surface area (Å²) < 4.78 is 5.04. The largest absolute Gasteiger partial charge is 0.477 e. The van der Waals surface area contributed by atoms with Crippen molar-refractivity contribution in [1.82, 2.24) is 15.2 Å². The summed E-state index contributed by atoms with van der Waals surface area (Å²) in [5, 5.41) is 16.0. The number of rotatable bonds is 9. The van der Waals surface area contributed by atoms with Crippen molar-refractivity contribution in [3.05, 3.63) is 22.8 Å². The molecule has 3 atom stereocenters. The van der Waals surface area contributed by atoms with Gasteiger partial charge in [-0.05, 0) is 13.0 Å². The highest BCUT2D eigenvalue weighted by Crippen LogP contribution is 2.41. The van der Waals surface area contributed by atoms with Crippen LogP contribution in [-0.2, 0) is 33.5 Å². The van der Waals surface area contributed by atoms with Crippen molar-refractivity contribution in [3.63, 3.8) is 0 Å². The van der Waals surface area contributed by atoms with Crippen LogP contribution in [0, 0.1) is 0 Å². The molecule has 2 amide bonds. The summed E-state index contributed by atoms with van der Waals surface area (Å²) in [4.78, 5) is 69.5. The Morgan fingerprint density at radius 3 is 2.67 bits per heavy atom. The summed E-state index contributed by atoms with van der Waals surface area (Å²) in [6.07, 6.45) is 0.888. The van der Waals surface area contributed by atoms with E-state index < -0.39 is 46.8 Å². The van der Waals surface area contributed by atoms with Crippen molar-refractivity contribution in [2.75, 3.05) is 19.5 Å². The number of thiazole rings is 1. The Labute approximate surface area is 195 Å². The first-order valence-corrected chi connectivity index (χ1v) is 11.2. The normalized spacial score (nSPS) is 21.9. The molecule has 0 aliphatic carbocycles. The number of hydrogen-bond acceptors (Lipinski definition) is 12. The van der Waals surface area contributed by atoms with Gasteiger partial charge in [0.15, 0.2) is 10.8 Å². The smallest absolute Gasteiger partial charge is 0.352 e. The first-order chi connectivity index (χ1) is 15.6. The maximum absolute atomic E-state index is 12.8. The predicted octanol–water partition coefficient (Wildman–Crippen LogP) is -0.665. The van der Waals surface area contributed by atoms with Gasteiger partial charge in [0, 0.05) is 5.38 Å². The van der Waals surface area contributed by atoms with Crippen LogP contribution < -0.4 is 11.1 Å². The number of ether oxygens (including phenoxy) is 1. The molecular formula is C18H19N5O8S2. The van der Waals surface area contributed by atoms with Gasteiger partial charge < -0.3 is 25.7 Å². The highest BCUT2D eigenvalue weighted by molar-refractivity contribution is 8.00. The lowest BCUT2D eigenvalue weighted by atomic mass is 10.0. The number of carboxylic acids is 1. The zero-order chi connectivity index (χ0) is 24.3. The van der Waals surface area contributed by atoms with Gasteiger partial charge in [-0.15, -0.1) is 23.1 Å². The molecule has 0 radical (unpaired) electrons. The van der Waals surface area contributed by atoms with Crippen LogP contribution >= 0.6 is 23.1 Å². The lowest BCUT2D eigenvalue weighted by molar-refractivity contribution is -0.150. The molecular weight excluding hydrogens is 478 g/mol. The van der Waals surface area contributed by atoms with E-state index in [1.54, 1.807) is 0 Å². The lowest BCUT2D eigenvalue weighted by Gasteiger charge is -2.49. The van der Waals surface area contributed by atoms with Crippen LogP contribution in [0.15, 0.2) is 22.3 Å². The van der Waals surface area contributed by atoms with Crippen molar-refractivity contribution in [2.24, 2.45) is 5.16 Å². The summed E-state index contributed by atoms with van der Waals surface area (Å²) in [7, 11) is 1.23. The van der Waals surface area contributed by atoms with E-state index in [1.807, 2.05) is 0 Å². The Balaban J connectivity index is 1.74. The number of anilines is 1. The fraction of sp³-hybridized carbons (Fsp3) is 0.389. The van der Waals surface area contributed by atoms with E-state index in [2.05, 4.69) is 15.5 Å². The number of Topliss-reactive ketones (excluding diaryl/α,β-unsaturated/α-hetero) is 1. The molecule has 1 aromatic heterocycles. The number of ketones is 1. The number of nitrogens with zero attached hydrogens (tertiary/aromatic N) is 3. The number of amides is 2. The number of esters is 1. The summed E-state index contributed by atoms with van der Waals surface area (Å²) in [5.41, 5.74) is 5.25. The first-order valence-electron chi connectivity index (χ1n) is 9.34. The van der Waals surface area contributed by atoms with E-state index in [0.717, 1.165) is 28.0 Å². The maximum Gasteiger partial charge on any atom is 0.352 e. The van der Waals surface area contributed by atoms with Gasteiger partial charge in [-0.3, -0.25) is 24.1 Å². The Kier molecular flexibility index (Phi) is 7.33. The highest BCUT2D eigenvalue weighted by Gasteiger charge is 2.54. The molecule has 0 aromatic carbocycles. The molecule has 1 saturated heterocycles. The number of aliphatic carboxylic acids is 1. The molecule has 4 N–H and O–H groups in total. The highest BCUT2D eigenvalue weighted by atomic mass is 32.2. The number of nitrogen functional groups attached to an aromatic ring is 1. The topological polar surface area (TPSA) is 191 Å². The molecule has 176 valence electrons. The van der Waals surface area contributed by atoms with Crippen LogP contribution in [0.3, 0.4) is 0 Å². The number of fused-ring (bicyclic) bond motifs is 1. The van der Waals surface area contributed by atoms with Crippen LogP contribution in [-0.4, -0.2) is 80.6 Å². The second-order valence-electron chi connectivity index (χ2n) is 6.84. The van der Waals surface area contributed by atoms with Crippen LogP contribution in [0.25, 0.3) is 0 Å². The first kappa shape index (κ1) is 24.2. The Morgan fingerprint density at radius 2 is 2.09 bits per heavy atom. The third kappa shape index (κ3) is 5.31. The molecule has 1 aromatic rings. The molecule has 0 spiro atoms. The minimum Gasteiger partial charge on any atom is -0.477 e. The van der Waals surface area contributed by atoms with E-state index in [4.69, 9.17) is 15.3 Å². The standard InChI is InChI=1S/C18H19N5O8S2/c1-7(24)3-11(25)31-5-8-4-10(17(28)29)23-15(27)13(16(23)33-8)21-14(26)12(22-30-2)9-6-32-18(19)20-9/h4,6,8,13,16H,3,5H2,1-2H3,(H2,19,20)(H,21,26)(H,28,29)/b22-12-/t8?,13-,16-/m1/s1. The van der Waals surface area contributed by atoms with E-state index in [0.29, 0.717) is 0 Å². The second-order valence-corrected chi connectivity index (χ2v) is 9.09. The third-order valence-corrected chi connectivity index (χ3v) is 6.49. The summed E-state index contributed by atoms with van der Waals surface area (Å²) in [6.45, 7) is 1.03. The Bertz CT molecular complexity index is 1070. The molecule has 3 heterocycles. The quantitative estimate of drug-likeness (QED) is 0.129. The van der Waals surface area contributed by atoms with Gasteiger partial charge >= 0.3 is 11.9 Å². The number of carboxylic acid groups (broad SMARTS) is 1. The molecule has 2 aliphatic heterocycles. The minimum atomic E-state index is -1.35. The van der Waals surface area contributed by atoms with Crippen molar-refractivity contribution >= 4 is 63.5 Å². The van der Waals surface area contributed by atoms with Gasteiger partial charge in [0.1, 0.15) is 48.7 Å². The van der Waals surface area contributed by atoms with Gasteiger partial charge in [-0.1, -0.05) is 5.16 Å². The summed E-state index contributed by atoms with van der Waals surface area (Å²) in [6, 6.07) is -1.07. The average molecular weight is 498 g/mol. The van der Waals surface area contributed by atoms with Crippen molar-refractivity contribution in [2.45, 2.75) is 30.0 Å². The van der Waals surface area contributed by atoms with Gasteiger partial charge in [0.05, 0.1) is 5.25 Å². The molecule has 1 unspecified atom stereocenters. The van der Waals surface area contributed by atoms with Crippen LogP contribution in [0.1, 0.15) is 19.0 Å². The van der Waals surface area contributed by atoms with Gasteiger partial charge in [-0.25, -0.2) is 9.78 Å². The van der Waals surface area contributed by atoms with Crippen LogP contribution in [0.4, 0.5) is 5.13 Å². The van der Waals surface area contributed by atoms with E-state index in [-0.39, 0.29) is 34.6 Å². The number of nitrogens with two attached hydrogens (primary N) is 1. The Hall–Kier alpha value is -3.46. The number of β-lactam (4-membered cyclic amide) rings is 1. The molecule has 1 fully saturated rings. The number of carbonyl (C=O) groups excluding carboxylic acids is 4. The number of thioether (sulfide) groups is 1. The molecule has 0 saturated carbocycles. The number of oxime groups is 1. The van der Waals surface area contributed by atoms with E-state index in [9.17, 15) is 29.1 Å². The SMILES string of the molecule is CO/N=C(\C(=O)N[C@@H]1C(=O)N2C(C(=O)O)=CC(COC(=O)CC(C)=O)S[C@H]12)c1csc(N)n1. The lowest BCUT2D eigenvalue weighted by Crippen LogP contribution is -2.71. The zero-order valence-corrected chi connectivity index (χ0v) is 19.0. The third-order valence-electron chi connectivity index (χ3n) is 4.43. The van der Waals surface area contributed by atoms with Gasteiger partial charge in [-0.2, -0.15) is 0 Å². The monoisotopic (exact) mass is 497 g/mol. The van der Waals surface area contributed by atoms with Crippen molar-refractivity contribution < 1.29 is 38.7 Å². The molecule has 15 heteroatoms.